The van der Waals surface area contributed by atoms with E-state index in [2.05, 4.69) is 22.9 Å². The van der Waals surface area contributed by atoms with Gasteiger partial charge in [-0.25, -0.2) is 8.42 Å². The summed E-state index contributed by atoms with van der Waals surface area (Å²) in [6.07, 6.45) is 0. The lowest BCUT2D eigenvalue weighted by atomic mass is 10.2. The van der Waals surface area contributed by atoms with Crippen LogP contribution in [0.2, 0.25) is 0 Å². The highest BCUT2D eigenvalue weighted by atomic mass is 79.9. The van der Waals surface area contributed by atoms with Crippen molar-refractivity contribution in [1.29, 1.82) is 0 Å². The molecule has 1 N–H and O–H groups in total. The highest BCUT2D eigenvalue weighted by molar-refractivity contribution is 9.10. The second-order valence-corrected chi connectivity index (χ2v) is 8.02. The monoisotopic (exact) mass is 377 g/mol. The van der Waals surface area contributed by atoms with Crippen LogP contribution < -0.4 is 9.64 Å². The van der Waals surface area contributed by atoms with Gasteiger partial charge in [0.2, 0.25) is 10.0 Å². The van der Waals surface area contributed by atoms with Crippen molar-refractivity contribution in [3.05, 3.63) is 22.2 Å². The van der Waals surface area contributed by atoms with Gasteiger partial charge in [-0.2, -0.15) is 4.31 Å². The molecule has 1 heterocycles. The maximum Gasteiger partial charge on any atom is 0.247 e. The largest absolute Gasteiger partial charge is 0.495 e. The van der Waals surface area contributed by atoms with Crippen LogP contribution in [0, 0.1) is 6.92 Å². The predicted octanol–water partition coefficient (Wildman–Crippen LogP) is 0.675. The number of hydrogen-bond acceptors (Lipinski definition) is 3. The maximum absolute atomic E-state index is 12.8. The average Bonchev–Trinajstić information content (AvgIpc) is 2.49. The molecule has 0 atom stereocenters. The minimum atomic E-state index is -3.51. The third-order valence-corrected chi connectivity index (χ3v) is 6.77. The minimum absolute atomic E-state index is 0.238. The number of piperazine rings is 1. The number of benzene rings is 1. The first-order chi connectivity index (χ1) is 9.90. The van der Waals surface area contributed by atoms with Gasteiger partial charge in [-0.1, -0.05) is 15.9 Å². The number of likely N-dealkylation sites (N-methyl/N-ethyl adjacent to an activating group) is 1. The minimum Gasteiger partial charge on any atom is -0.495 e. The van der Waals surface area contributed by atoms with Crippen LogP contribution in [0.25, 0.3) is 0 Å². The molecule has 0 bridgehead atoms. The first kappa shape index (κ1) is 16.7. The van der Waals surface area contributed by atoms with Crippen LogP contribution >= 0.6 is 15.9 Å². The van der Waals surface area contributed by atoms with Crippen LogP contribution in [0.3, 0.4) is 0 Å². The van der Waals surface area contributed by atoms with Gasteiger partial charge < -0.3 is 9.64 Å². The molecule has 5 nitrogen and oxygen atoms in total. The normalized spacial score (nSPS) is 17.9. The summed E-state index contributed by atoms with van der Waals surface area (Å²) >= 11 is 3.40. The van der Waals surface area contributed by atoms with Gasteiger partial charge >= 0.3 is 0 Å². The zero-order valence-electron chi connectivity index (χ0n) is 12.6. The number of ether oxygens (including phenoxy) is 1. The number of nitrogens with one attached hydrogen (secondary N) is 1. The molecule has 118 valence electrons. The molecule has 2 rings (SSSR count). The third kappa shape index (κ3) is 3.41. The number of aryl methyl sites for hydroxylation is 1. The van der Waals surface area contributed by atoms with Crippen molar-refractivity contribution in [3.63, 3.8) is 0 Å². The second-order valence-electron chi connectivity index (χ2n) is 5.26. The van der Waals surface area contributed by atoms with E-state index in [0.717, 1.165) is 29.7 Å². The number of methoxy groups -OCH3 is 1. The lowest BCUT2D eigenvalue weighted by Gasteiger charge is -2.31. The van der Waals surface area contributed by atoms with Crippen molar-refractivity contribution < 1.29 is 18.1 Å². The lowest BCUT2D eigenvalue weighted by Crippen LogP contribution is -3.14. The van der Waals surface area contributed by atoms with Crippen LogP contribution in [0.1, 0.15) is 12.5 Å². The van der Waals surface area contributed by atoms with Crippen molar-refractivity contribution in [2.75, 3.05) is 39.8 Å². The summed E-state index contributed by atoms with van der Waals surface area (Å²) in [5, 5.41) is 0. The molecule has 1 aliphatic rings. The van der Waals surface area contributed by atoms with Gasteiger partial charge in [0.1, 0.15) is 10.6 Å². The summed E-state index contributed by atoms with van der Waals surface area (Å²) < 4.78 is 33.3. The molecule has 1 aliphatic heterocycles. The van der Waals surface area contributed by atoms with Crippen LogP contribution in [-0.4, -0.2) is 52.6 Å². The molecule has 1 saturated heterocycles. The standard InChI is InChI=1S/C14H21BrN2O3S/c1-4-16-5-7-17(8-6-16)21(18,19)14-10-12(15)11(2)9-13(14)20-3/h9-10H,4-8H2,1-3H3/p+1. The van der Waals surface area contributed by atoms with E-state index in [-0.39, 0.29) is 4.90 Å². The number of rotatable bonds is 4. The van der Waals surface area contributed by atoms with E-state index in [4.69, 9.17) is 4.74 Å². The zero-order chi connectivity index (χ0) is 15.6. The highest BCUT2D eigenvalue weighted by Gasteiger charge is 2.32. The number of hydrogen-bond donors (Lipinski definition) is 1. The van der Waals surface area contributed by atoms with Crippen LogP contribution in [0.4, 0.5) is 0 Å². The Morgan fingerprint density at radius 1 is 1.33 bits per heavy atom. The van der Waals surface area contributed by atoms with Crippen LogP contribution in [0.15, 0.2) is 21.5 Å². The smallest absolute Gasteiger partial charge is 0.247 e. The van der Waals surface area contributed by atoms with E-state index in [1.54, 1.807) is 16.4 Å². The molecule has 21 heavy (non-hydrogen) atoms. The fourth-order valence-electron chi connectivity index (χ4n) is 2.53. The zero-order valence-corrected chi connectivity index (χ0v) is 15.1. The van der Waals surface area contributed by atoms with E-state index < -0.39 is 10.0 Å². The highest BCUT2D eigenvalue weighted by Crippen LogP contribution is 2.32. The number of halogens is 1. The first-order valence-corrected chi connectivity index (χ1v) is 9.31. The quantitative estimate of drug-likeness (QED) is 0.838. The van der Waals surface area contributed by atoms with Crippen molar-refractivity contribution in [2.24, 2.45) is 0 Å². The molecule has 1 fully saturated rings. The Morgan fingerprint density at radius 3 is 2.48 bits per heavy atom. The molecule has 0 aromatic heterocycles. The summed E-state index contributed by atoms with van der Waals surface area (Å²) in [6, 6.07) is 3.40. The van der Waals surface area contributed by atoms with Crippen molar-refractivity contribution >= 4 is 26.0 Å². The molecule has 0 unspecified atom stereocenters. The Balaban J connectivity index is 2.34. The molecule has 0 aliphatic carbocycles. The number of quaternary nitrogens is 1. The average molecular weight is 378 g/mol. The molecule has 0 radical (unpaired) electrons. The van der Waals surface area contributed by atoms with E-state index in [9.17, 15) is 8.42 Å². The molecule has 1 aromatic rings. The van der Waals surface area contributed by atoms with Crippen molar-refractivity contribution in [3.8, 4) is 5.75 Å². The fourth-order valence-corrected chi connectivity index (χ4v) is 4.63. The van der Waals surface area contributed by atoms with Gasteiger partial charge in [0.15, 0.2) is 0 Å². The van der Waals surface area contributed by atoms with Crippen molar-refractivity contribution in [2.45, 2.75) is 18.7 Å². The molecule has 7 heteroatoms. The van der Waals surface area contributed by atoms with E-state index in [1.807, 2.05) is 6.92 Å². The number of sulfonamides is 1. The third-order valence-electron chi connectivity index (χ3n) is 3.99. The molecule has 1 aromatic carbocycles. The van der Waals surface area contributed by atoms with Gasteiger partial charge in [-0.3, -0.25) is 0 Å². The predicted molar refractivity (Wildman–Crippen MR) is 85.4 cm³/mol. The molecular formula is C14H22BrN2O3S+. The summed E-state index contributed by atoms with van der Waals surface area (Å²) in [7, 11) is -2.01. The Hall–Kier alpha value is -0.630. The Morgan fingerprint density at radius 2 is 1.95 bits per heavy atom. The SMILES string of the molecule is CC[NH+]1CCN(S(=O)(=O)c2cc(Br)c(C)cc2OC)CC1. The van der Waals surface area contributed by atoms with Gasteiger partial charge in [0.05, 0.1) is 39.8 Å². The van der Waals surface area contributed by atoms with Gasteiger partial charge in [-0.15, -0.1) is 0 Å². The van der Waals surface area contributed by atoms with Gasteiger partial charge in [0, 0.05) is 4.47 Å². The molecular weight excluding hydrogens is 356 g/mol. The number of nitrogens with zero attached hydrogens (tertiary/aromatic N) is 1. The van der Waals surface area contributed by atoms with Crippen molar-refractivity contribution in [1.82, 2.24) is 4.31 Å². The van der Waals surface area contributed by atoms with E-state index in [0.29, 0.717) is 18.8 Å². The topological polar surface area (TPSA) is 51.0 Å². The molecule has 0 spiro atoms. The summed E-state index contributed by atoms with van der Waals surface area (Å²) in [5.41, 5.74) is 0.950. The van der Waals surface area contributed by atoms with E-state index >= 15 is 0 Å². The maximum atomic E-state index is 12.8. The summed E-state index contributed by atoms with van der Waals surface area (Å²) in [6.45, 7) is 7.88. The molecule has 0 saturated carbocycles. The van der Waals surface area contributed by atoms with Crippen LogP contribution in [0.5, 0.6) is 5.75 Å². The summed E-state index contributed by atoms with van der Waals surface area (Å²) in [4.78, 5) is 1.68. The lowest BCUT2D eigenvalue weighted by molar-refractivity contribution is -0.901. The van der Waals surface area contributed by atoms with E-state index in [1.165, 1.54) is 12.0 Å². The Labute approximate surface area is 135 Å². The second kappa shape index (κ2) is 6.64. The van der Waals surface area contributed by atoms with Gasteiger partial charge in [0.25, 0.3) is 0 Å². The summed E-state index contributed by atoms with van der Waals surface area (Å²) in [5.74, 6) is 0.404. The Bertz CT molecular complexity index is 611. The van der Waals surface area contributed by atoms with Crippen LogP contribution in [-0.2, 0) is 10.0 Å². The molecule has 0 amide bonds. The fraction of sp³-hybridized carbons (Fsp3) is 0.571. The van der Waals surface area contributed by atoms with Gasteiger partial charge in [-0.05, 0) is 31.5 Å². The Kier molecular flexibility index (Phi) is 5.29. The first-order valence-electron chi connectivity index (χ1n) is 7.08.